The smallest absolute Gasteiger partial charge is 0.278 e. The van der Waals surface area contributed by atoms with Crippen molar-refractivity contribution in [2.75, 3.05) is 0 Å². The summed E-state index contributed by atoms with van der Waals surface area (Å²) >= 11 is 0. The fraction of sp³-hybridized carbons (Fsp3) is 0.462. The number of aryl methyl sites for hydroxylation is 1. The third-order valence-corrected chi connectivity index (χ3v) is 2.82. The SMILES string of the molecule is C#CC(C)(C)NCc1ncc(C)c([N+](=O)[O-])c1C. The molecule has 0 saturated heterocycles. The monoisotopic (exact) mass is 247 g/mol. The quantitative estimate of drug-likeness (QED) is 0.502. The second kappa shape index (κ2) is 5.15. The maximum Gasteiger partial charge on any atom is 0.278 e. The zero-order valence-electron chi connectivity index (χ0n) is 11.1. The van der Waals surface area contributed by atoms with E-state index in [9.17, 15) is 10.1 Å². The Kier molecular flexibility index (Phi) is 4.04. The van der Waals surface area contributed by atoms with Crippen LogP contribution in [0.15, 0.2) is 6.20 Å². The van der Waals surface area contributed by atoms with Crippen molar-refractivity contribution < 1.29 is 4.92 Å². The van der Waals surface area contributed by atoms with Crippen LogP contribution in [0.3, 0.4) is 0 Å². The topological polar surface area (TPSA) is 68.1 Å². The van der Waals surface area contributed by atoms with Crippen LogP contribution in [0.25, 0.3) is 0 Å². The van der Waals surface area contributed by atoms with Crippen molar-refractivity contribution in [2.24, 2.45) is 0 Å². The van der Waals surface area contributed by atoms with Gasteiger partial charge in [0.05, 0.1) is 16.2 Å². The standard InChI is InChI=1S/C13H17N3O2/c1-6-13(4,5)15-8-11-10(3)12(16(17)18)9(2)7-14-11/h1,7,15H,8H2,2-5H3. The van der Waals surface area contributed by atoms with E-state index in [1.54, 1.807) is 13.8 Å². The average Bonchev–Trinajstić information content (AvgIpc) is 2.27. The van der Waals surface area contributed by atoms with Crippen molar-refractivity contribution in [1.82, 2.24) is 10.3 Å². The Balaban J connectivity index is 3.03. The fourth-order valence-electron chi connectivity index (χ4n) is 1.58. The van der Waals surface area contributed by atoms with Crippen LogP contribution in [-0.4, -0.2) is 15.4 Å². The molecule has 0 aliphatic rings. The lowest BCUT2D eigenvalue weighted by Crippen LogP contribution is -2.37. The summed E-state index contributed by atoms with van der Waals surface area (Å²) in [6.07, 6.45) is 6.89. The first-order chi connectivity index (χ1) is 8.28. The second-order valence-electron chi connectivity index (χ2n) is 4.74. The second-order valence-corrected chi connectivity index (χ2v) is 4.74. The largest absolute Gasteiger partial charge is 0.296 e. The van der Waals surface area contributed by atoms with Gasteiger partial charge in [-0.1, -0.05) is 5.92 Å². The molecule has 1 aromatic rings. The van der Waals surface area contributed by atoms with Crippen LogP contribution in [0.2, 0.25) is 0 Å². The third-order valence-electron chi connectivity index (χ3n) is 2.82. The van der Waals surface area contributed by atoms with Crippen LogP contribution in [0.1, 0.15) is 30.7 Å². The molecule has 0 aliphatic heterocycles. The molecule has 5 nitrogen and oxygen atoms in total. The molecule has 0 radical (unpaired) electrons. The van der Waals surface area contributed by atoms with E-state index in [-0.39, 0.29) is 10.6 Å². The predicted molar refractivity (Wildman–Crippen MR) is 70.1 cm³/mol. The number of hydrogen-bond donors (Lipinski definition) is 1. The summed E-state index contributed by atoms with van der Waals surface area (Å²) in [6, 6.07) is 0. The summed E-state index contributed by atoms with van der Waals surface area (Å²) in [7, 11) is 0. The molecule has 1 N–H and O–H groups in total. The van der Waals surface area contributed by atoms with Gasteiger partial charge in [-0.05, 0) is 27.7 Å². The third kappa shape index (κ3) is 3.05. The Morgan fingerprint density at radius 3 is 2.67 bits per heavy atom. The molecule has 0 aliphatic carbocycles. The molecule has 18 heavy (non-hydrogen) atoms. The van der Waals surface area contributed by atoms with Crippen molar-refractivity contribution in [1.29, 1.82) is 0 Å². The number of hydrogen-bond acceptors (Lipinski definition) is 4. The highest BCUT2D eigenvalue weighted by Crippen LogP contribution is 2.24. The minimum absolute atomic E-state index is 0.125. The Bertz CT molecular complexity index is 516. The number of nitro groups is 1. The van der Waals surface area contributed by atoms with Crippen molar-refractivity contribution in [3.05, 3.63) is 33.1 Å². The predicted octanol–water partition coefficient (Wildman–Crippen LogP) is 2.11. The Morgan fingerprint density at radius 2 is 2.17 bits per heavy atom. The molecule has 0 saturated carbocycles. The van der Waals surface area contributed by atoms with Gasteiger partial charge in [-0.15, -0.1) is 6.42 Å². The highest BCUT2D eigenvalue weighted by Gasteiger charge is 2.20. The summed E-state index contributed by atoms with van der Waals surface area (Å²) < 4.78 is 0. The molecule has 0 amide bonds. The Morgan fingerprint density at radius 1 is 1.56 bits per heavy atom. The van der Waals surface area contributed by atoms with Crippen molar-refractivity contribution in [3.63, 3.8) is 0 Å². The zero-order chi connectivity index (χ0) is 13.9. The van der Waals surface area contributed by atoms with Crippen LogP contribution in [0.4, 0.5) is 5.69 Å². The number of rotatable bonds is 4. The van der Waals surface area contributed by atoms with E-state index in [0.29, 0.717) is 23.4 Å². The summed E-state index contributed by atoms with van der Waals surface area (Å²) in [5, 5.41) is 14.1. The first kappa shape index (κ1) is 14.1. The van der Waals surface area contributed by atoms with Gasteiger partial charge in [-0.3, -0.25) is 20.4 Å². The molecule has 1 aromatic heterocycles. The summed E-state index contributed by atoms with van der Waals surface area (Å²) in [5.74, 6) is 2.61. The first-order valence-electron chi connectivity index (χ1n) is 5.61. The minimum atomic E-state index is -0.464. The number of pyridine rings is 1. The van der Waals surface area contributed by atoms with E-state index in [4.69, 9.17) is 6.42 Å². The highest BCUT2D eigenvalue weighted by molar-refractivity contribution is 5.47. The molecule has 1 rings (SSSR count). The van der Waals surface area contributed by atoms with E-state index < -0.39 is 5.54 Å². The van der Waals surface area contributed by atoms with Gasteiger partial charge in [0.2, 0.25) is 0 Å². The van der Waals surface area contributed by atoms with Gasteiger partial charge >= 0.3 is 0 Å². The lowest BCUT2D eigenvalue weighted by atomic mass is 10.1. The summed E-state index contributed by atoms with van der Waals surface area (Å²) in [4.78, 5) is 14.8. The van der Waals surface area contributed by atoms with E-state index >= 15 is 0 Å². The Labute approximate surface area is 107 Å². The highest BCUT2D eigenvalue weighted by atomic mass is 16.6. The lowest BCUT2D eigenvalue weighted by Gasteiger charge is -2.19. The fourth-order valence-corrected chi connectivity index (χ4v) is 1.58. The molecule has 96 valence electrons. The minimum Gasteiger partial charge on any atom is -0.296 e. The average molecular weight is 247 g/mol. The van der Waals surface area contributed by atoms with Gasteiger partial charge in [0.25, 0.3) is 5.69 Å². The molecule has 5 heteroatoms. The van der Waals surface area contributed by atoms with Gasteiger partial charge in [0.15, 0.2) is 0 Å². The van der Waals surface area contributed by atoms with E-state index in [1.807, 2.05) is 13.8 Å². The molecular formula is C13H17N3O2. The molecule has 1 heterocycles. The molecule has 0 bridgehead atoms. The van der Waals surface area contributed by atoms with Gasteiger partial charge in [0, 0.05) is 23.9 Å². The lowest BCUT2D eigenvalue weighted by molar-refractivity contribution is -0.386. The van der Waals surface area contributed by atoms with Crippen LogP contribution >= 0.6 is 0 Å². The molecule has 0 unspecified atom stereocenters. The van der Waals surface area contributed by atoms with E-state index in [0.717, 1.165) is 0 Å². The van der Waals surface area contributed by atoms with Crippen LogP contribution in [-0.2, 0) is 6.54 Å². The van der Waals surface area contributed by atoms with Crippen LogP contribution in [0.5, 0.6) is 0 Å². The molecule has 0 spiro atoms. The Hall–Kier alpha value is -1.93. The van der Waals surface area contributed by atoms with E-state index in [2.05, 4.69) is 16.2 Å². The van der Waals surface area contributed by atoms with Crippen LogP contribution in [0, 0.1) is 36.3 Å². The van der Waals surface area contributed by atoms with Crippen molar-refractivity contribution in [3.8, 4) is 12.3 Å². The summed E-state index contributed by atoms with van der Waals surface area (Å²) in [6.45, 7) is 7.53. The van der Waals surface area contributed by atoms with Crippen LogP contribution < -0.4 is 5.32 Å². The first-order valence-corrected chi connectivity index (χ1v) is 5.61. The number of terminal acetylenes is 1. The number of nitrogens with zero attached hydrogens (tertiary/aromatic N) is 2. The normalized spacial score (nSPS) is 11.1. The van der Waals surface area contributed by atoms with E-state index in [1.165, 1.54) is 6.20 Å². The van der Waals surface area contributed by atoms with Gasteiger partial charge < -0.3 is 0 Å². The van der Waals surface area contributed by atoms with Gasteiger partial charge in [0.1, 0.15) is 0 Å². The number of aromatic nitrogens is 1. The number of nitrogens with one attached hydrogen (secondary N) is 1. The molecule has 0 atom stereocenters. The maximum atomic E-state index is 11.0. The maximum absolute atomic E-state index is 11.0. The van der Waals surface area contributed by atoms with Crippen molar-refractivity contribution >= 4 is 5.69 Å². The van der Waals surface area contributed by atoms with Gasteiger partial charge in [-0.2, -0.15) is 0 Å². The zero-order valence-corrected chi connectivity index (χ0v) is 11.1. The molecule has 0 aromatic carbocycles. The molecular weight excluding hydrogens is 230 g/mol. The molecule has 0 fully saturated rings. The van der Waals surface area contributed by atoms with Gasteiger partial charge in [-0.25, -0.2) is 0 Å². The summed E-state index contributed by atoms with van der Waals surface area (Å²) in [5.41, 5.74) is 1.46. The van der Waals surface area contributed by atoms with Crippen molar-refractivity contribution in [2.45, 2.75) is 39.8 Å².